The normalized spacial score (nSPS) is 29.0. The van der Waals surface area contributed by atoms with Gasteiger partial charge in [0, 0.05) is 24.8 Å². The SMILES string of the molecule is CC1CCCC(N)(CN(C)c2ccccc2)C1. The van der Waals surface area contributed by atoms with Gasteiger partial charge in [-0.25, -0.2) is 0 Å². The van der Waals surface area contributed by atoms with Gasteiger partial charge in [-0.15, -0.1) is 0 Å². The summed E-state index contributed by atoms with van der Waals surface area (Å²) in [5, 5.41) is 0. The van der Waals surface area contributed by atoms with Crippen LogP contribution in [-0.4, -0.2) is 19.1 Å². The summed E-state index contributed by atoms with van der Waals surface area (Å²) >= 11 is 0. The van der Waals surface area contributed by atoms with E-state index in [2.05, 4.69) is 49.2 Å². The smallest absolute Gasteiger partial charge is 0.0364 e. The molecule has 0 spiro atoms. The summed E-state index contributed by atoms with van der Waals surface area (Å²) in [4.78, 5) is 2.29. The van der Waals surface area contributed by atoms with Crippen LogP contribution in [0.1, 0.15) is 32.6 Å². The molecule has 2 rings (SSSR count). The second kappa shape index (κ2) is 5.09. The van der Waals surface area contributed by atoms with E-state index in [1.54, 1.807) is 0 Å². The molecule has 17 heavy (non-hydrogen) atoms. The zero-order chi connectivity index (χ0) is 12.3. The van der Waals surface area contributed by atoms with Crippen LogP contribution < -0.4 is 10.6 Å². The van der Waals surface area contributed by atoms with E-state index in [9.17, 15) is 0 Å². The highest BCUT2D eigenvalue weighted by Crippen LogP contribution is 2.31. The molecule has 2 N–H and O–H groups in total. The Balaban J connectivity index is 2.00. The van der Waals surface area contributed by atoms with Crippen molar-refractivity contribution in [3.8, 4) is 0 Å². The van der Waals surface area contributed by atoms with Crippen LogP contribution in [-0.2, 0) is 0 Å². The third-order valence-corrected chi connectivity index (χ3v) is 3.88. The highest BCUT2D eigenvalue weighted by molar-refractivity contribution is 5.45. The highest BCUT2D eigenvalue weighted by Gasteiger charge is 2.32. The fourth-order valence-corrected chi connectivity index (χ4v) is 3.09. The summed E-state index contributed by atoms with van der Waals surface area (Å²) in [6, 6.07) is 10.5. The second-order valence-electron chi connectivity index (χ2n) is 5.76. The summed E-state index contributed by atoms with van der Waals surface area (Å²) in [5.41, 5.74) is 7.81. The van der Waals surface area contributed by atoms with Crippen LogP contribution in [0.15, 0.2) is 30.3 Å². The van der Waals surface area contributed by atoms with E-state index in [1.807, 2.05) is 0 Å². The maximum atomic E-state index is 6.55. The molecule has 2 nitrogen and oxygen atoms in total. The molecule has 0 amide bonds. The average Bonchev–Trinajstić information content (AvgIpc) is 2.29. The van der Waals surface area contributed by atoms with Crippen LogP contribution in [0.4, 0.5) is 5.69 Å². The Kier molecular flexibility index (Phi) is 3.72. The number of nitrogens with two attached hydrogens (primary N) is 1. The summed E-state index contributed by atoms with van der Waals surface area (Å²) < 4.78 is 0. The number of nitrogens with zero attached hydrogens (tertiary/aromatic N) is 1. The van der Waals surface area contributed by atoms with Crippen molar-refractivity contribution in [2.24, 2.45) is 11.7 Å². The van der Waals surface area contributed by atoms with Crippen molar-refractivity contribution in [1.82, 2.24) is 0 Å². The Labute approximate surface area is 105 Å². The van der Waals surface area contributed by atoms with Crippen molar-refractivity contribution in [2.75, 3.05) is 18.5 Å². The van der Waals surface area contributed by atoms with Crippen molar-refractivity contribution in [3.05, 3.63) is 30.3 Å². The lowest BCUT2D eigenvalue weighted by Crippen LogP contribution is -2.52. The van der Waals surface area contributed by atoms with Crippen LogP contribution >= 0.6 is 0 Å². The molecular weight excluding hydrogens is 208 g/mol. The van der Waals surface area contributed by atoms with E-state index < -0.39 is 0 Å². The van der Waals surface area contributed by atoms with Gasteiger partial charge in [-0.05, 0) is 30.9 Å². The number of hydrogen-bond donors (Lipinski definition) is 1. The van der Waals surface area contributed by atoms with Gasteiger partial charge >= 0.3 is 0 Å². The van der Waals surface area contributed by atoms with Crippen molar-refractivity contribution in [1.29, 1.82) is 0 Å². The number of anilines is 1. The Hall–Kier alpha value is -1.02. The standard InChI is InChI=1S/C15H24N2/c1-13-7-6-10-15(16,11-13)12-17(2)14-8-4-3-5-9-14/h3-5,8-9,13H,6-7,10-12,16H2,1-2H3. The van der Waals surface area contributed by atoms with Crippen LogP contribution in [0, 0.1) is 5.92 Å². The maximum absolute atomic E-state index is 6.55. The minimum Gasteiger partial charge on any atom is -0.373 e. The Morgan fingerprint density at radius 3 is 2.71 bits per heavy atom. The fraction of sp³-hybridized carbons (Fsp3) is 0.600. The summed E-state index contributed by atoms with van der Waals surface area (Å²) in [6.45, 7) is 3.28. The monoisotopic (exact) mass is 232 g/mol. The second-order valence-corrected chi connectivity index (χ2v) is 5.76. The van der Waals surface area contributed by atoms with Crippen molar-refractivity contribution in [2.45, 2.75) is 38.1 Å². The van der Waals surface area contributed by atoms with E-state index >= 15 is 0 Å². The van der Waals surface area contributed by atoms with Gasteiger partial charge in [-0.1, -0.05) is 38.0 Å². The lowest BCUT2D eigenvalue weighted by Gasteiger charge is -2.40. The van der Waals surface area contributed by atoms with Gasteiger partial charge < -0.3 is 10.6 Å². The van der Waals surface area contributed by atoms with E-state index in [0.717, 1.165) is 25.3 Å². The number of rotatable bonds is 3. The van der Waals surface area contributed by atoms with Crippen molar-refractivity contribution in [3.63, 3.8) is 0 Å². The van der Waals surface area contributed by atoms with Gasteiger partial charge in [0.15, 0.2) is 0 Å². The van der Waals surface area contributed by atoms with Gasteiger partial charge in [0.25, 0.3) is 0 Å². The summed E-state index contributed by atoms with van der Waals surface area (Å²) in [7, 11) is 2.14. The molecule has 1 aromatic carbocycles. The molecule has 0 bridgehead atoms. The van der Waals surface area contributed by atoms with Crippen LogP contribution in [0.25, 0.3) is 0 Å². The Bertz CT molecular complexity index is 349. The molecular formula is C15H24N2. The first-order valence-electron chi connectivity index (χ1n) is 6.64. The molecule has 0 aliphatic heterocycles. The quantitative estimate of drug-likeness (QED) is 0.868. The molecule has 94 valence electrons. The van der Waals surface area contributed by atoms with Gasteiger partial charge in [0.05, 0.1) is 0 Å². The van der Waals surface area contributed by atoms with E-state index in [1.165, 1.54) is 18.5 Å². The van der Waals surface area contributed by atoms with Crippen LogP contribution in [0.5, 0.6) is 0 Å². The predicted molar refractivity (Wildman–Crippen MR) is 74.3 cm³/mol. The zero-order valence-corrected chi connectivity index (χ0v) is 11.0. The Morgan fingerprint density at radius 1 is 1.35 bits per heavy atom. The predicted octanol–water partition coefficient (Wildman–Crippen LogP) is 3.03. The topological polar surface area (TPSA) is 29.3 Å². The number of para-hydroxylation sites is 1. The molecule has 0 heterocycles. The third-order valence-electron chi connectivity index (χ3n) is 3.88. The third kappa shape index (κ3) is 3.22. The molecule has 0 radical (unpaired) electrons. The first-order valence-corrected chi connectivity index (χ1v) is 6.64. The largest absolute Gasteiger partial charge is 0.373 e. The fourth-order valence-electron chi connectivity index (χ4n) is 3.09. The van der Waals surface area contributed by atoms with Gasteiger partial charge in [0.1, 0.15) is 0 Å². The van der Waals surface area contributed by atoms with Gasteiger partial charge in [-0.2, -0.15) is 0 Å². The first-order chi connectivity index (χ1) is 8.09. The minimum absolute atomic E-state index is 0.00224. The van der Waals surface area contributed by atoms with Crippen molar-refractivity contribution < 1.29 is 0 Å². The van der Waals surface area contributed by atoms with E-state index in [-0.39, 0.29) is 5.54 Å². The molecule has 1 aromatic rings. The lowest BCUT2D eigenvalue weighted by molar-refractivity contribution is 0.241. The molecule has 2 heteroatoms. The molecule has 0 aromatic heterocycles. The number of likely N-dealkylation sites (N-methyl/N-ethyl adjacent to an activating group) is 1. The molecule has 1 aliphatic carbocycles. The maximum Gasteiger partial charge on any atom is 0.0364 e. The molecule has 2 atom stereocenters. The highest BCUT2D eigenvalue weighted by atomic mass is 15.1. The summed E-state index contributed by atoms with van der Waals surface area (Å²) in [6.07, 6.45) is 4.94. The molecule has 1 saturated carbocycles. The number of hydrogen-bond acceptors (Lipinski definition) is 2. The summed E-state index contributed by atoms with van der Waals surface area (Å²) in [5.74, 6) is 0.776. The molecule has 2 unspecified atom stereocenters. The minimum atomic E-state index is 0.00224. The molecule has 1 fully saturated rings. The Morgan fingerprint density at radius 2 is 2.06 bits per heavy atom. The van der Waals surface area contributed by atoms with E-state index in [4.69, 9.17) is 5.73 Å². The molecule has 1 aliphatic rings. The molecule has 0 saturated heterocycles. The van der Waals surface area contributed by atoms with Gasteiger partial charge in [0.2, 0.25) is 0 Å². The van der Waals surface area contributed by atoms with Crippen LogP contribution in [0.2, 0.25) is 0 Å². The number of benzene rings is 1. The van der Waals surface area contributed by atoms with Crippen LogP contribution in [0.3, 0.4) is 0 Å². The van der Waals surface area contributed by atoms with Crippen molar-refractivity contribution >= 4 is 5.69 Å². The average molecular weight is 232 g/mol. The van der Waals surface area contributed by atoms with E-state index in [0.29, 0.717) is 0 Å². The first kappa shape index (κ1) is 12.4. The van der Waals surface area contributed by atoms with Gasteiger partial charge in [-0.3, -0.25) is 0 Å². The zero-order valence-electron chi connectivity index (χ0n) is 11.0. The lowest BCUT2D eigenvalue weighted by atomic mass is 9.77.